The number of unbranched alkanes of at least 4 members (excludes halogenated alkanes) is 1. The zero-order valence-corrected chi connectivity index (χ0v) is 21.9. The highest BCUT2D eigenvalue weighted by molar-refractivity contribution is 5.93. The van der Waals surface area contributed by atoms with Gasteiger partial charge in [0.05, 0.1) is 19.2 Å². The van der Waals surface area contributed by atoms with Crippen LogP contribution in [0.1, 0.15) is 32.1 Å². The second kappa shape index (κ2) is 12.6. The van der Waals surface area contributed by atoms with E-state index in [9.17, 15) is 0 Å². The Morgan fingerprint density at radius 2 is 1.66 bits per heavy atom. The van der Waals surface area contributed by atoms with E-state index in [0.717, 1.165) is 106 Å². The average molecular weight is 487 g/mol. The van der Waals surface area contributed by atoms with Gasteiger partial charge in [0, 0.05) is 50.8 Å². The van der Waals surface area contributed by atoms with Crippen LogP contribution in [0, 0.1) is 0 Å². The number of fused-ring (bicyclic) bond motifs is 1. The molecule has 1 aromatic heterocycles. The van der Waals surface area contributed by atoms with Crippen molar-refractivity contribution in [3.63, 3.8) is 0 Å². The van der Waals surface area contributed by atoms with Crippen molar-refractivity contribution in [2.75, 3.05) is 91.0 Å². The lowest BCUT2D eigenvalue weighted by atomic mass is 10.1. The minimum absolute atomic E-state index is 0.398. The Morgan fingerprint density at radius 1 is 0.886 bits per heavy atom. The van der Waals surface area contributed by atoms with E-state index in [4.69, 9.17) is 24.2 Å². The minimum atomic E-state index is 0.398. The molecule has 0 radical (unpaired) electrons. The molecule has 2 aliphatic heterocycles. The van der Waals surface area contributed by atoms with E-state index in [1.54, 1.807) is 14.2 Å². The highest BCUT2D eigenvalue weighted by Crippen LogP contribution is 2.36. The van der Waals surface area contributed by atoms with Crippen LogP contribution in [0.2, 0.25) is 0 Å². The Bertz CT molecular complexity index is 950. The van der Waals surface area contributed by atoms with Gasteiger partial charge in [-0.25, -0.2) is 4.98 Å². The summed E-state index contributed by atoms with van der Waals surface area (Å²) >= 11 is 0. The lowest BCUT2D eigenvalue weighted by Crippen LogP contribution is -2.37. The van der Waals surface area contributed by atoms with Crippen molar-refractivity contribution in [2.45, 2.75) is 38.1 Å². The molecule has 9 heteroatoms. The standard InChI is InChI=1S/C26H42N6O3/c1-30-10-7-11-32(15-14-30)26-28-22-19-24(35-17-6-5-16-33-3)23(34-4)18-21(22)25(29-26)27-20-8-12-31(2)13-9-20/h18-20H,5-17H2,1-4H3,(H,27,28,29). The van der Waals surface area contributed by atoms with Gasteiger partial charge in [-0.15, -0.1) is 0 Å². The second-order valence-corrected chi connectivity index (χ2v) is 9.81. The molecule has 0 bridgehead atoms. The van der Waals surface area contributed by atoms with Crippen LogP contribution in [-0.4, -0.2) is 107 Å². The number of ether oxygens (including phenoxy) is 3. The predicted octanol–water partition coefficient (Wildman–Crippen LogP) is 3.09. The maximum absolute atomic E-state index is 6.12. The van der Waals surface area contributed by atoms with Crippen LogP contribution < -0.4 is 19.7 Å². The van der Waals surface area contributed by atoms with Gasteiger partial charge >= 0.3 is 0 Å². The molecule has 0 amide bonds. The summed E-state index contributed by atoms with van der Waals surface area (Å²) in [5.41, 5.74) is 0.885. The molecular formula is C26H42N6O3. The first-order valence-electron chi connectivity index (χ1n) is 13.0. The molecule has 0 atom stereocenters. The number of piperidine rings is 1. The summed E-state index contributed by atoms with van der Waals surface area (Å²) in [7, 11) is 7.78. The van der Waals surface area contributed by atoms with E-state index >= 15 is 0 Å². The quantitative estimate of drug-likeness (QED) is 0.510. The van der Waals surface area contributed by atoms with Gasteiger partial charge in [0.2, 0.25) is 5.95 Å². The Labute approximate surface area is 209 Å². The minimum Gasteiger partial charge on any atom is -0.493 e. The second-order valence-electron chi connectivity index (χ2n) is 9.81. The van der Waals surface area contributed by atoms with Crippen LogP contribution >= 0.6 is 0 Å². The van der Waals surface area contributed by atoms with Crippen LogP contribution in [-0.2, 0) is 4.74 Å². The van der Waals surface area contributed by atoms with Crippen molar-refractivity contribution >= 4 is 22.7 Å². The molecule has 2 aromatic rings. The van der Waals surface area contributed by atoms with Crippen molar-refractivity contribution < 1.29 is 14.2 Å². The first-order chi connectivity index (χ1) is 17.1. The van der Waals surface area contributed by atoms with Crippen molar-refractivity contribution in [2.24, 2.45) is 0 Å². The average Bonchev–Trinajstić information content (AvgIpc) is 3.09. The smallest absolute Gasteiger partial charge is 0.227 e. The van der Waals surface area contributed by atoms with Gasteiger partial charge in [0.25, 0.3) is 0 Å². The molecule has 3 heterocycles. The van der Waals surface area contributed by atoms with Gasteiger partial charge in [-0.1, -0.05) is 0 Å². The summed E-state index contributed by atoms with van der Waals surface area (Å²) in [4.78, 5) is 17.2. The molecule has 4 rings (SSSR count). The van der Waals surface area contributed by atoms with Crippen LogP contribution in [0.3, 0.4) is 0 Å². The van der Waals surface area contributed by atoms with Crippen LogP contribution in [0.4, 0.5) is 11.8 Å². The molecule has 2 saturated heterocycles. The van der Waals surface area contributed by atoms with Crippen LogP contribution in [0.15, 0.2) is 12.1 Å². The van der Waals surface area contributed by atoms with Gasteiger partial charge in [-0.3, -0.25) is 0 Å². The number of methoxy groups -OCH3 is 2. The molecule has 35 heavy (non-hydrogen) atoms. The number of rotatable bonds is 10. The van der Waals surface area contributed by atoms with Crippen molar-refractivity contribution in [3.8, 4) is 11.5 Å². The summed E-state index contributed by atoms with van der Waals surface area (Å²) in [5.74, 6) is 3.12. The number of likely N-dealkylation sites (N-methyl/N-ethyl adjacent to an activating group) is 1. The Kier molecular flexibility index (Phi) is 9.23. The number of anilines is 2. The van der Waals surface area contributed by atoms with Gasteiger partial charge in [0.1, 0.15) is 5.82 Å². The molecule has 0 spiro atoms. The van der Waals surface area contributed by atoms with Gasteiger partial charge in [0.15, 0.2) is 11.5 Å². The van der Waals surface area contributed by atoms with E-state index in [2.05, 4.69) is 34.1 Å². The Balaban J connectivity index is 1.65. The van der Waals surface area contributed by atoms with E-state index < -0.39 is 0 Å². The molecule has 0 aliphatic carbocycles. The van der Waals surface area contributed by atoms with Crippen LogP contribution in [0.25, 0.3) is 10.9 Å². The Morgan fingerprint density at radius 3 is 2.43 bits per heavy atom. The fraction of sp³-hybridized carbons (Fsp3) is 0.692. The molecular weight excluding hydrogens is 444 g/mol. The van der Waals surface area contributed by atoms with Crippen molar-refractivity contribution in [1.82, 2.24) is 19.8 Å². The molecule has 1 aromatic carbocycles. The summed E-state index contributed by atoms with van der Waals surface area (Å²) in [6, 6.07) is 4.44. The fourth-order valence-corrected chi connectivity index (χ4v) is 4.77. The maximum Gasteiger partial charge on any atom is 0.227 e. The number of hydrogen-bond acceptors (Lipinski definition) is 9. The SMILES string of the molecule is COCCCCOc1cc2nc(N3CCCN(C)CC3)nc(NC3CCN(C)CC3)c2cc1OC. The third-order valence-electron chi connectivity index (χ3n) is 7.03. The molecule has 1 N–H and O–H groups in total. The molecule has 194 valence electrons. The van der Waals surface area contributed by atoms with E-state index in [1.165, 1.54) is 0 Å². The molecule has 9 nitrogen and oxygen atoms in total. The summed E-state index contributed by atoms with van der Waals surface area (Å²) in [5, 5.41) is 4.74. The van der Waals surface area contributed by atoms with Gasteiger partial charge in [-0.05, 0) is 71.9 Å². The molecule has 2 fully saturated rings. The van der Waals surface area contributed by atoms with Crippen LogP contribution in [0.5, 0.6) is 11.5 Å². The number of benzene rings is 1. The van der Waals surface area contributed by atoms with Crippen molar-refractivity contribution in [1.29, 1.82) is 0 Å². The largest absolute Gasteiger partial charge is 0.493 e. The number of hydrogen-bond donors (Lipinski definition) is 1. The van der Waals surface area contributed by atoms with E-state index in [1.807, 2.05) is 12.1 Å². The predicted molar refractivity (Wildman–Crippen MR) is 141 cm³/mol. The fourth-order valence-electron chi connectivity index (χ4n) is 4.77. The lowest BCUT2D eigenvalue weighted by Gasteiger charge is -2.30. The highest BCUT2D eigenvalue weighted by Gasteiger charge is 2.22. The summed E-state index contributed by atoms with van der Waals surface area (Å²) in [6.07, 6.45) is 5.20. The number of aromatic nitrogens is 2. The Hall–Kier alpha value is -2.36. The number of nitrogens with zero attached hydrogens (tertiary/aromatic N) is 5. The number of likely N-dealkylation sites (tertiary alicyclic amines) is 1. The number of nitrogens with one attached hydrogen (secondary N) is 1. The van der Waals surface area contributed by atoms with E-state index in [-0.39, 0.29) is 0 Å². The van der Waals surface area contributed by atoms with E-state index in [0.29, 0.717) is 18.4 Å². The highest BCUT2D eigenvalue weighted by atomic mass is 16.5. The van der Waals surface area contributed by atoms with Gasteiger partial charge < -0.3 is 34.2 Å². The molecule has 2 aliphatic rings. The first-order valence-corrected chi connectivity index (χ1v) is 13.0. The van der Waals surface area contributed by atoms with Gasteiger partial charge in [-0.2, -0.15) is 4.98 Å². The molecule has 0 saturated carbocycles. The monoisotopic (exact) mass is 486 g/mol. The third-order valence-corrected chi connectivity index (χ3v) is 7.03. The summed E-state index contributed by atoms with van der Waals surface area (Å²) in [6.45, 7) is 7.54. The topological polar surface area (TPSA) is 75.2 Å². The first kappa shape index (κ1) is 25.7. The maximum atomic E-state index is 6.12. The lowest BCUT2D eigenvalue weighted by molar-refractivity contribution is 0.183. The van der Waals surface area contributed by atoms with Crippen molar-refractivity contribution in [3.05, 3.63) is 12.1 Å². The zero-order valence-electron chi connectivity index (χ0n) is 21.9. The third kappa shape index (κ3) is 6.86. The molecule has 0 unspecified atom stereocenters. The zero-order chi connectivity index (χ0) is 24.6. The summed E-state index contributed by atoms with van der Waals surface area (Å²) < 4.78 is 17.0. The normalized spacial score (nSPS) is 18.6.